The van der Waals surface area contributed by atoms with Gasteiger partial charge in [0.25, 0.3) is 0 Å². The number of hydrogen-bond acceptors (Lipinski definition) is 3. The molecule has 0 bridgehead atoms. The van der Waals surface area contributed by atoms with E-state index in [1.165, 1.54) is 13.5 Å². The Morgan fingerprint density at radius 3 is 2.41 bits per heavy atom. The third-order valence-corrected chi connectivity index (χ3v) is 2.81. The number of rotatable bonds is 7. The summed E-state index contributed by atoms with van der Waals surface area (Å²) < 4.78 is 2.84. The summed E-state index contributed by atoms with van der Waals surface area (Å²) in [5.41, 5.74) is 0. The number of nitrogens with one attached hydrogen (secondary N) is 2. The van der Waals surface area contributed by atoms with Gasteiger partial charge in [-0.05, 0) is 13.0 Å². The van der Waals surface area contributed by atoms with Crippen LogP contribution in [0.1, 0.15) is 32.6 Å². The molecule has 0 aliphatic heterocycles. The number of methoxy groups -OCH3 is 1. The third kappa shape index (κ3) is 8.77. The molecule has 0 radical (unpaired) electrons. The first kappa shape index (κ1) is 17.1. The SMILES string of the molecule is CCCCCCN[C@H](NC(=O)OC)C(Cl)(Cl)Cl. The van der Waals surface area contributed by atoms with Crippen molar-refractivity contribution in [3.8, 4) is 0 Å². The van der Waals surface area contributed by atoms with Gasteiger partial charge in [0.05, 0.1) is 7.11 Å². The molecule has 0 aromatic rings. The average molecular weight is 306 g/mol. The minimum Gasteiger partial charge on any atom is -0.453 e. The Morgan fingerprint density at radius 1 is 1.29 bits per heavy atom. The number of alkyl carbamates (subject to hydrolysis) is 1. The molecule has 0 rings (SSSR count). The lowest BCUT2D eigenvalue weighted by molar-refractivity contribution is 0.164. The van der Waals surface area contributed by atoms with Crippen LogP contribution in [0.5, 0.6) is 0 Å². The van der Waals surface area contributed by atoms with E-state index in [4.69, 9.17) is 34.8 Å². The standard InChI is InChI=1S/C10H19Cl3N2O2/c1-3-4-5-6-7-14-8(10(11,12)13)15-9(16)17-2/h8,14H,3-7H2,1-2H3,(H,15,16)/t8-/m1/s1. The first-order valence-corrected chi connectivity index (χ1v) is 6.69. The summed E-state index contributed by atoms with van der Waals surface area (Å²) in [5, 5.41) is 5.41. The van der Waals surface area contributed by atoms with Crippen LogP contribution in [0.4, 0.5) is 4.79 Å². The van der Waals surface area contributed by atoms with Gasteiger partial charge in [-0.1, -0.05) is 61.0 Å². The number of alkyl halides is 3. The van der Waals surface area contributed by atoms with Crippen LogP contribution in [0.25, 0.3) is 0 Å². The first-order valence-electron chi connectivity index (χ1n) is 5.56. The monoisotopic (exact) mass is 304 g/mol. The summed E-state index contributed by atoms with van der Waals surface area (Å²) in [7, 11) is 1.26. The topological polar surface area (TPSA) is 50.4 Å². The van der Waals surface area contributed by atoms with Crippen LogP contribution < -0.4 is 10.6 Å². The third-order valence-electron chi connectivity index (χ3n) is 2.15. The maximum atomic E-state index is 11.1. The zero-order valence-corrected chi connectivity index (χ0v) is 12.3. The average Bonchev–Trinajstić information content (AvgIpc) is 2.25. The van der Waals surface area contributed by atoms with Gasteiger partial charge in [-0.2, -0.15) is 0 Å². The highest BCUT2D eigenvalue weighted by atomic mass is 35.6. The molecule has 0 aliphatic rings. The van der Waals surface area contributed by atoms with Crippen molar-refractivity contribution in [3.05, 3.63) is 0 Å². The Labute approximate surface area is 117 Å². The van der Waals surface area contributed by atoms with E-state index in [1.54, 1.807) is 0 Å². The number of hydrogen-bond donors (Lipinski definition) is 2. The number of halogens is 3. The summed E-state index contributed by atoms with van der Waals surface area (Å²) >= 11 is 17.2. The van der Waals surface area contributed by atoms with Crippen LogP contribution in [-0.4, -0.2) is 29.7 Å². The van der Waals surface area contributed by atoms with Crippen molar-refractivity contribution in [1.29, 1.82) is 0 Å². The van der Waals surface area contributed by atoms with Gasteiger partial charge in [0.15, 0.2) is 0 Å². The van der Waals surface area contributed by atoms with Crippen molar-refractivity contribution in [2.24, 2.45) is 0 Å². The van der Waals surface area contributed by atoms with Crippen molar-refractivity contribution in [2.45, 2.75) is 42.6 Å². The second kappa shape index (κ2) is 9.09. The van der Waals surface area contributed by atoms with E-state index in [2.05, 4.69) is 22.3 Å². The Balaban J connectivity index is 3.99. The molecule has 0 saturated heterocycles. The molecular formula is C10H19Cl3N2O2. The minimum absolute atomic E-state index is 0.637. The van der Waals surface area contributed by atoms with Crippen LogP contribution in [0.15, 0.2) is 0 Å². The number of ether oxygens (including phenoxy) is 1. The second-order valence-corrected chi connectivity index (χ2v) is 5.99. The van der Waals surface area contributed by atoms with Gasteiger partial charge in [0.1, 0.15) is 6.17 Å². The van der Waals surface area contributed by atoms with Crippen molar-refractivity contribution in [1.82, 2.24) is 10.6 Å². The van der Waals surface area contributed by atoms with E-state index < -0.39 is 16.1 Å². The molecule has 7 heteroatoms. The van der Waals surface area contributed by atoms with Gasteiger partial charge in [0, 0.05) is 0 Å². The summed E-state index contributed by atoms with van der Waals surface area (Å²) in [6.45, 7) is 2.80. The van der Waals surface area contributed by atoms with E-state index in [0.717, 1.165) is 19.3 Å². The van der Waals surface area contributed by atoms with Crippen molar-refractivity contribution in [3.63, 3.8) is 0 Å². The maximum absolute atomic E-state index is 11.1. The summed E-state index contributed by atoms with van der Waals surface area (Å²) in [6, 6.07) is 0. The quantitative estimate of drug-likeness (QED) is 0.431. The molecule has 2 N–H and O–H groups in total. The van der Waals surface area contributed by atoms with Crippen molar-refractivity contribution in [2.75, 3.05) is 13.7 Å². The lowest BCUT2D eigenvalue weighted by Gasteiger charge is -2.25. The smallest absolute Gasteiger partial charge is 0.408 e. The van der Waals surface area contributed by atoms with Gasteiger partial charge in [-0.15, -0.1) is 0 Å². The molecule has 0 saturated carbocycles. The largest absolute Gasteiger partial charge is 0.453 e. The van der Waals surface area contributed by atoms with Crippen LogP contribution in [0.2, 0.25) is 0 Å². The molecule has 102 valence electrons. The van der Waals surface area contributed by atoms with Crippen molar-refractivity contribution >= 4 is 40.9 Å². The Morgan fingerprint density at radius 2 is 1.94 bits per heavy atom. The highest BCUT2D eigenvalue weighted by Gasteiger charge is 2.33. The first-order chi connectivity index (χ1) is 7.91. The van der Waals surface area contributed by atoms with E-state index in [0.29, 0.717) is 6.54 Å². The Hall–Kier alpha value is 0.1000. The van der Waals surface area contributed by atoms with Gasteiger partial charge in [-0.3, -0.25) is 5.32 Å². The number of carbonyl (C=O) groups excluding carboxylic acids is 1. The van der Waals surface area contributed by atoms with E-state index in [9.17, 15) is 4.79 Å². The maximum Gasteiger partial charge on any atom is 0.408 e. The molecule has 17 heavy (non-hydrogen) atoms. The molecule has 0 fully saturated rings. The van der Waals surface area contributed by atoms with E-state index in [1.807, 2.05) is 0 Å². The zero-order valence-electron chi connectivity index (χ0n) is 10.1. The number of unbranched alkanes of at least 4 members (excludes halogenated alkanes) is 3. The van der Waals surface area contributed by atoms with Crippen LogP contribution in [-0.2, 0) is 4.74 Å². The molecule has 0 aliphatic carbocycles. The molecule has 4 nitrogen and oxygen atoms in total. The highest BCUT2D eigenvalue weighted by Crippen LogP contribution is 2.29. The minimum atomic E-state index is -1.61. The van der Waals surface area contributed by atoms with Crippen molar-refractivity contribution < 1.29 is 9.53 Å². The zero-order chi connectivity index (χ0) is 13.3. The summed E-state index contributed by atoms with van der Waals surface area (Å²) in [4.78, 5) is 11.1. The van der Waals surface area contributed by atoms with Crippen LogP contribution in [0.3, 0.4) is 0 Å². The van der Waals surface area contributed by atoms with Gasteiger partial charge < -0.3 is 10.1 Å². The molecule has 0 unspecified atom stereocenters. The van der Waals surface area contributed by atoms with Gasteiger partial charge in [-0.25, -0.2) is 4.79 Å². The van der Waals surface area contributed by atoms with Crippen LogP contribution >= 0.6 is 34.8 Å². The number of carbonyl (C=O) groups is 1. The van der Waals surface area contributed by atoms with E-state index in [-0.39, 0.29) is 0 Å². The van der Waals surface area contributed by atoms with E-state index >= 15 is 0 Å². The molecule has 1 atom stereocenters. The summed E-state index contributed by atoms with van der Waals surface area (Å²) in [5.74, 6) is 0. The molecule has 1 amide bonds. The fourth-order valence-electron chi connectivity index (χ4n) is 1.22. The lowest BCUT2D eigenvalue weighted by Crippen LogP contribution is -2.53. The fourth-order valence-corrected chi connectivity index (χ4v) is 1.62. The molecule has 0 spiro atoms. The summed E-state index contributed by atoms with van der Waals surface area (Å²) in [6.07, 6.45) is 3.00. The molecule has 0 heterocycles. The van der Waals surface area contributed by atoms with Crippen LogP contribution in [0, 0.1) is 0 Å². The Bertz CT molecular complexity index is 222. The Kier molecular flexibility index (Phi) is 9.14. The number of amides is 1. The highest BCUT2D eigenvalue weighted by molar-refractivity contribution is 6.68. The molecule has 0 aromatic heterocycles. The predicted molar refractivity (Wildman–Crippen MR) is 71.8 cm³/mol. The second-order valence-electron chi connectivity index (χ2n) is 3.63. The molecular weight excluding hydrogens is 286 g/mol. The molecule has 0 aromatic carbocycles. The fraction of sp³-hybridized carbons (Fsp3) is 0.900. The normalized spacial score (nSPS) is 13.2. The van der Waals surface area contributed by atoms with Gasteiger partial charge >= 0.3 is 6.09 Å². The van der Waals surface area contributed by atoms with Gasteiger partial charge in [0.2, 0.25) is 3.79 Å². The lowest BCUT2D eigenvalue weighted by atomic mass is 10.2. The predicted octanol–water partition coefficient (Wildman–Crippen LogP) is 3.21.